The van der Waals surface area contributed by atoms with E-state index in [0.717, 1.165) is 5.56 Å². The van der Waals surface area contributed by atoms with Gasteiger partial charge in [-0.25, -0.2) is 0 Å². The van der Waals surface area contributed by atoms with E-state index in [-0.39, 0.29) is 5.75 Å². The Morgan fingerprint density at radius 1 is 1.40 bits per heavy atom. The van der Waals surface area contributed by atoms with Crippen molar-refractivity contribution in [1.82, 2.24) is 0 Å². The molecule has 0 aromatic heterocycles. The summed E-state index contributed by atoms with van der Waals surface area (Å²) >= 11 is 0. The minimum absolute atomic E-state index is 0.148. The molecule has 0 heterocycles. The van der Waals surface area contributed by atoms with E-state index in [1.807, 2.05) is 0 Å². The molecule has 0 radical (unpaired) electrons. The Morgan fingerprint density at radius 2 is 2.13 bits per heavy atom. The monoisotopic (exact) mass is 208 g/mol. The average molecular weight is 208 g/mol. The second-order valence-corrected chi connectivity index (χ2v) is 3.81. The van der Waals surface area contributed by atoms with Gasteiger partial charge in [-0.2, -0.15) is 0 Å². The quantitative estimate of drug-likeness (QED) is 0.645. The third-order valence-electron chi connectivity index (χ3n) is 2.87. The highest BCUT2D eigenvalue weighted by Gasteiger charge is 2.32. The number of fused-ring (bicyclic) bond motifs is 1. The number of phenolic OH excluding ortho intramolecular Hbond substituents is 1. The van der Waals surface area contributed by atoms with Crippen LogP contribution in [0.1, 0.15) is 23.7 Å². The minimum Gasteiger partial charge on any atom is -0.508 e. The number of benzene rings is 1. The van der Waals surface area contributed by atoms with E-state index in [1.165, 1.54) is 6.07 Å². The summed E-state index contributed by atoms with van der Waals surface area (Å²) in [6.07, 6.45) is 0.0249. The van der Waals surface area contributed by atoms with Crippen molar-refractivity contribution in [3.8, 4) is 5.75 Å². The zero-order valence-electron chi connectivity index (χ0n) is 8.05. The van der Waals surface area contributed by atoms with Crippen molar-refractivity contribution in [2.75, 3.05) is 0 Å². The molecule has 2 rings (SSSR count). The summed E-state index contributed by atoms with van der Waals surface area (Å²) < 4.78 is 0. The summed E-state index contributed by atoms with van der Waals surface area (Å²) in [5.41, 5.74) is 1.45. The van der Waals surface area contributed by atoms with Gasteiger partial charge in [0.05, 0.1) is 12.0 Å². The number of carbonyl (C=O) groups is 1. The van der Waals surface area contributed by atoms with E-state index in [1.54, 1.807) is 12.1 Å². The molecule has 0 aliphatic heterocycles. The molecule has 1 aliphatic rings. The van der Waals surface area contributed by atoms with Gasteiger partial charge < -0.3 is 15.3 Å². The first kappa shape index (κ1) is 9.98. The maximum atomic E-state index is 10.8. The third-order valence-corrected chi connectivity index (χ3v) is 2.87. The van der Waals surface area contributed by atoms with Gasteiger partial charge in [0.25, 0.3) is 0 Å². The highest BCUT2D eigenvalue weighted by molar-refractivity contribution is 5.71. The van der Waals surface area contributed by atoms with Gasteiger partial charge in [0.15, 0.2) is 0 Å². The van der Waals surface area contributed by atoms with Gasteiger partial charge in [-0.05, 0) is 36.1 Å². The number of hydrogen-bond acceptors (Lipinski definition) is 3. The van der Waals surface area contributed by atoms with Crippen molar-refractivity contribution in [3.05, 3.63) is 29.3 Å². The smallest absolute Gasteiger partial charge is 0.309 e. The predicted molar refractivity (Wildman–Crippen MR) is 52.5 cm³/mol. The van der Waals surface area contributed by atoms with Crippen LogP contribution in [0.5, 0.6) is 5.75 Å². The molecule has 2 atom stereocenters. The summed E-state index contributed by atoms with van der Waals surface area (Å²) in [4.78, 5) is 10.8. The van der Waals surface area contributed by atoms with Crippen molar-refractivity contribution in [2.24, 2.45) is 5.92 Å². The molecule has 0 amide bonds. The number of phenols is 1. The molecule has 1 aliphatic carbocycles. The molecule has 0 saturated heterocycles. The Morgan fingerprint density at radius 3 is 2.80 bits per heavy atom. The molecule has 3 N–H and O–H groups in total. The number of carboxylic acid groups (broad SMARTS) is 1. The lowest BCUT2D eigenvalue weighted by Crippen LogP contribution is -2.27. The second-order valence-electron chi connectivity index (χ2n) is 3.81. The molecule has 2 unspecified atom stereocenters. The van der Waals surface area contributed by atoms with Crippen LogP contribution in [0.2, 0.25) is 0 Å². The number of rotatable bonds is 1. The Balaban J connectivity index is 2.38. The fraction of sp³-hybridized carbons (Fsp3) is 0.364. The Bertz CT molecular complexity index is 400. The zero-order valence-corrected chi connectivity index (χ0v) is 8.05. The number of aromatic hydroxyl groups is 1. The molecule has 15 heavy (non-hydrogen) atoms. The number of aryl methyl sites for hydroxylation is 1. The fourth-order valence-electron chi connectivity index (χ4n) is 2.04. The average Bonchev–Trinajstić information content (AvgIpc) is 2.17. The van der Waals surface area contributed by atoms with Crippen molar-refractivity contribution in [1.29, 1.82) is 0 Å². The van der Waals surface area contributed by atoms with E-state index in [9.17, 15) is 15.0 Å². The first-order valence-electron chi connectivity index (χ1n) is 4.82. The van der Waals surface area contributed by atoms with Gasteiger partial charge in [-0.3, -0.25) is 4.79 Å². The van der Waals surface area contributed by atoms with Crippen molar-refractivity contribution >= 4 is 5.97 Å². The Hall–Kier alpha value is -1.55. The summed E-state index contributed by atoms with van der Waals surface area (Å²) in [6, 6.07) is 4.63. The first-order valence-corrected chi connectivity index (χ1v) is 4.82. The van der Waals surface area contributed by atoms with E-state index >= 15 is 0 Å². The van der Waals surface area contributed by atoms with Gasteiger partial charge in [-0.15, -0.1) is 0 Å². The lowest BCUT2D eigenvalue weighted by atomic mass is 9.81. The molecule has 1 aromatic carbocycles. The van der Waals surface area contributed by atoms with Crippen LogP contribution in [-0.4, -0.2) is 21.3 Å². The van der Waals surface area contributed by atoms with Gasteiger partial charge in [0.2, 0.25) is 0 Å². The summed E-state index contributed by atoms with van der Waals surface area (Å²) in [5, 5.41) is 28.0. The minimum atomic E-state index is -0.971. The van der Waals surface area contributed by atoms with Crippen LogP contribution in [-0.2, 0) is 11.2 Å². The van der Waals surface area contributed by atoms with Crippen LogP contribution in [0.25, 0.3) is 0 Å². The summed E-state index contributed by atoms with van der Waals surface area (Å²) in [5.74, 6) is -1.56. The molecule has 1 aromatic rings. The molecule has 4 heteroatoms. The largest absolute Gasteiger partial charge is 0.508 e. The number of aliphatic carboxylic acids is 1. The Kier molecular flexibility index (Phi) is 2.36. The maximum Gasteiger partial charge on any atom is 0.309 e. The highest BCUT2D eigenvalue weighted by atomic mass is 16.4. The summed E-state index contributed by atoms with van der Waals surface area (Å²) in [7, 11) is 0. The molecule has 0 spiro atoms. The predicted octanol–water partition coefficient (Wildman–Crippen LogP) is 1.07. The van der Waals surface area contributed by atoms with Crippen LogP contribution in [0.3, 0.4) is 0 Å². The van der Waals surface area contributed by atoms with Crippen molar-refractivity contribution in [2.45, 2.75) is 18.9 Å². The lowest BCUT2D eigenvalue weighted by Gasteiger charge is -2.27. The third kappa shape index (κ3) is 1.68. The molecule has 0 fully saturated rings. The Labute approximate surface area is 86.8 Å². The van der Waals surface area contributed by atoms with Gasteiger partial charge in [0.1, 0.15) is 5.75 Å². The molecular formula is C11H12O4. The molecule has 0 saturated carbocycles. The number of carboxylic acids is 1. The molecule has 0 bridgehead atoms. The normalized spacial score (nSPS) is 24.6. The topological polar surface area (TPSA) is 77.8 Å². The van der Waals surface area contributed by atoms with Gasteiger partial charge in [0, 0.05) is 0 Å². The van der Waals surface area contributed by atoms with Crippen molar-refractivity contribution in [3.63, 3.8) is 0 Å². The SMILES string of the molecule is O=C(O)C1CCc2cc(O)ccc2C1O. The molecular weight excluding hydrogens is 196 g/mol. The first-order chi connectivity index (χ1) is 7.09. The van der Waals surface area contributed by atoms with E-state index in [4.69, 9.17) is 5.11 Å². The number of hydrogen-bond donors (Lipinski definition) is 3. The molecule has 4 nitrogen and oxygen atoms in total. The summed E-state index contributed by atoms with van der Waals surface area (Å²) in [6.45, 7) is 0. The van der Waals surface area contributed by atoms with Crippen LogP contribution in [0, 0.1) is 5.92 Å². The van der Waals surface area contributed by atoms with Gasteiger partial charge >= 0.3 is 5.97 Å². The zero-order chi connectivity index (χ0) is 11.0. The molecule has 80 valence electrons. The maximum absolute atomic E-state index is 10.8. The van der Waals surface area contributed by atoms with Crippen LogP contribution >= 0.6 is 0 Å². The number of aliphatic hydroxyl groups is 1. The number of aliphatic hydroxyl groups excluding tert-OH is 1. The second kappa shape index (κ2) is 3.55. The van der Waals surface area contributed by atoms with Gasteiger partial charge in [-0.1, -0.05) is 6.07 Å². The highest BCUT2D eigenvalue weighted by Crippen LogP contribution is 2.35. The van der Waals surface area contributed by atoms with Crippen LogP contribution in [0.4, 0.5) is 0 Å². The van der Waals surface area contributed by atoms with Crippen molar-refractivity contribution < 1.29 is 20.1 Å². The van der Waals surface area contributed by atoms with Crippen LogP contribution in [0.15, 0.2) is 18.2 Å². The fourth-order valence-corrected chi connectivity index (χ4v) is 2.04. The standard InChI is InChI=1S/C11H12O4/c12-7-2-4-8-6(5-7)1-3-9(10(8)13)11(14)15/h2,4-5,9-10,12-13H,1,3H2,(H,14,15). The van der Waals surface area contributed by atoms with Crippen LogP contribution < -0.4 is 0 Å². The van der Waals surface area contributed by atoms with E-state index < -0.39 is 18.0 Å². The lowest BCUT2D eigenvalue weighted by molar-refractivity contribution is -0.146. The van der Waals surface area contributed by atoms with E-state index in [2.05, 4.69) is 0 Å². The van der Waals surface area contributed by atoms with E-state index in [0.29, 0.717) is 18.4 Å².